The number of hydrogen-bond donors (Lipinski definition) is 2. The Balaban J connectivity index is 0.000000343. The summed E-state index contributed by atoms with van der Waals surface area (Å²) in [7, 11) is 2.00. The van der Waals surface area contributed by atoms with Gasteiger partial charge in [0.15, 0.2) is 0 Å². The standard InChI is InChI=1S/2C9H7.C2H4.2CH4O.Ti/c2*1-2-5-9-7-3-6-8(9)4-1;3*1-2;/h2*1-7H;1H,2H3;2*2H,1H3;/q2*-1;;;;+2. The molecule has 0 aliphatic carbocycles. The maximum absolute atomic E-state index is 7.00. The molecule has 130 valence electrons. The summed E-state index contributed by atoms with van der Waals surface area (Å²) >= 11 is 2.00. The Hall–Kier alpha value is -1.84. The zero-order valence-electron chi connectivity index (χ0n) is 15.1. The van der Waals surface area contributed by atoms with Gasteiger partial charge in [-0.1, -0.05) is 12.1 Å². The van der Waals surface area contributed by atoms with Crippen molar-refractivity contribution in [3.05, 3.63) is 84.9 Å². The van der Waals surface area contributed by atoms with E-state index in [0.29, 0.717) is 0 Å². The van der Waals surface area contributed by atoms with Crippen molar-refractivity contribution in [3.63, 3.8) is 0 Å². The topological polar surface area (TPSA) is 40.5 Å². The fraction of sp³-hybridized carbons (Fsp3) is 0.136. The largest absolute Gasteiger partial charge is 0.168 e. The van der Waals surface area contributed by atoms with Crippen molar-refractivity contribution in [2.45, 2.75) is 6.92 Å². The Morgan fingerprint density at radius 3 is 1.32 bits per heavy atom. The van der Waals surface area contributed by atoms with Crippen LogP contribution in [0.2, 0.25) is 0 Å². The van der Waals surface area contributed by atoms with Crippen LogP contribution in [-0.2, 0) is 20.0 Å². The average Bonchev–Trinajstić information content (AvgIpc) is 3.35. The Morgan fingerprint density at radius 2 is 1.00 bits per heavy atom. The first kappa shape index (κ1) is 23.2. The monoisotopic (exact) mass is 370 g/mol. The van der Waals surface area contributed by atoms with Gasteiger partial charge in [-0.2, -0.15) is 35.0 Å². The molecular weight excluding hydrogens is 344 g/mol. The molecule has 25 heavy (non-hydrogen) atoms. The number of benzene rings is 2. The molecule has 0 fully saturated rings. The molecule has 0 saturated carbocycles. The Bertz CT molecular complexity index is 673. The summed E-state index contributed by atoms with van der Waals surface area (Å²) in [6, 6.07) is 29.3. The van der Waals surface area contributed by atoms with Crippen LogP contribution in [-0.4, -0.2) is 28.7 Å². The molecule has 0 aromatic heterocycles. The van der Waals surface area contributed by atoms with Crippen LogP contribution >= 0.6 is 0 Å². The van der Waals surface area contributed by atoms with Gasteiger partial charge in [-0.15, -0.1) is 59.3 Å². The summed E-state index contributed by atoms with van der Waals surface area (Å²) in [5.74, 6) is 0. The molecule has 0 atom stereocenters. The van der Waals surface area contributed by atoms with E-state index >= 15 is 0 Å². The van der Waals surface area contributed by atoms with E-state index in [0.717, 1.165) is 14.2 Å². The quantitative estimate of drug-likeness (QED) is 0.348. The summed E-state index contributed by atoms with van der Waals surface area (Å²) in [5, 5.41) is 19.3. The van der Waals surface area contributed by atoms with Gasteiger partial charge in [-0.05, 0) is 0 Å². The number of rotatable bonds is 0. The van der Waals surface area contributed by atoms with Crippen LogP contribution in [0.15, 0.2) is 84.9 Å². The molecule has 0 aliphatic rings. The maximum atomic E-state index is 7.00. The van der Waals surface area contributed by atoms with Crippen molar-refractivity contribution in [2.24, 2.45) is 0 Å². The molecule has 2 N–H and O–H groups in total. The summed E-state index contributed by atoms with van der Waals surface area (Å²) in [4.78, 5) is 0. The molecule has 3 heteroatoms. The van der Waals surface area contributed by atoms with Crippen LogP contribution in [0.25, 0.3) is 21.5 Å². The van der Waals surface area contributed by atoms with Crippen LogP contribution in [0.5, 0.6) is 0 Å². The van der Waals surface area contributed by atoms with Crippen LogP contribution in [0, 0.1) is 0 Å². The predicted molar refractivity (Wildman–Crippen MR) is 107 cm³/mol. The molecule has 0 bridgehead atoms. The number of fused-ring (bicyclic) bond motifs is 2. The van der Waals surface area contributed by atoms with E-state index in [9.17, 15) is 0 Å². The number of hydrogen-bond acceptors (Lipinski definition) is 2. The first-order valence-electron chi connectivity index (χ1n) is 7.90. The molecule has 4 aromatic carbocycles. The third-order valence-electron chi connectivity index (χ3n) is 3.10. The minimum Gasteiger partial charge on any atom is -0.168 e. The van der Waals surface area contributed by atoms with Crippen molar-refractivity contribution in [3.8, 4) is 0 Å². The Morgan fingerprint density at radius 1 is 0.680 bits per heavy atom. The van der Waals surface area contributed by atoms with Gasteiger partial charge in [0.05, 0.1) is 0 Å². The molecule has 0 radical (unpaired) electrons. The second-order valence-electron chi connectivity index (χ2n) is 4.60. The van der Waals surface area contributed by atoms with Crippen LogP contribution < -0.4 is 0 Å². The molecule has 0 spiro atoms. The molecule has 0 heterocycles. The van der Waals surface area contributed by atoms with E-state index in [2.05, 4.69) is 84.9 Å². The van der Waals surface area contributed by atoms with Crippen LogP contribution in [0.3, 0.4) is 0 Å². The second kappa shape index (κ2) is 15.7. The molecule has 2 nitrogen and oxygen atoms in total. The fourth-order valence-electron chi connectivity index (χ4n) is 2.14. The molecule has 0 saturated heterocycles. The summed E-state index contributed by atoms with van der Waals surface area (Å²) < 4.78 is 2.00. The minimum atomic E-state index is 1.00. The van der Waals surface area contributed by atoms with E-state index in [4.69, 9.17) is 10.2 Å². The summed E-state index contributed by atoms with van der Waals surface area (Å²) in [5.41, 5.74) is 0. The van der Waals surface area contributed by atoms with E-state index < -0.39 is 0 Å². The number of aliphatic hydroxyl groups excluding tert-OH is 2. The fourth-order valence-corrected chi connectivity index (χ4v) is 2.14. The number of aliphatic hydroxyl groups is 2. The van der Waals surface area contributed by atoms with E-state index in [-0.39, 0.29) is 0 Å². The van der Waals surface area contributed by atoms with Gasteiger partial charge in [-0.3, -0.25) is 0 Å². The van der Waals surface area contributed by atoms with Gasteiger partial charge >= 0.3 is 31.2 Å². The average molecular weight is 370 g/mol. The normalized spacial score (nSPS) is 8.44. The molecule has 4 rings (SSSR count). The van der Waals surface area contributed by atoms with Gasteiger partial charge in [0.25, 0.3) is 0 Å². The van der Waals surface area contributed by atoms with Gasteiger partial charge < -0.3 is 10.2 Å². The first-order chi connectivity index (χ1) is 12.3. The van der Waals surface area contributed by atoms with Crippen molar-refractivity contribution >= 4 is 25.9 Å². The van der Waals surface area contributed by atoms with E-state index in [1.807, 2.05) is 31.2 Å². The van der Waals surface area contributed by atoms with Crippen molar-refractivity contribution in [1.29, 1.82) is 0 Å². The van der Waals surface area contributed by atoms with Crippen molar-refractivity contribution in [2.75, 3.05) is 14.2 Å². The zero-order valence-corrected chi connectivity index (χ0v) is 16.6. The van der Waals surface area contributed by atoms with Crippen molar-refractivity contribution < 1.29 is 30.2 Å². The van der Waals surface area contributed by atoms with Gasteiger partial charge in [0.2, 0.25) is 0 Å². The molecule has 0 aliphatic heterocycles. The van der Waals surface area contributed by atoms with Crippen LogP contribution in [0.4, 0.5) is 0 Å². The minimum absolute atomic E-state index is 1.00. The summed E-state index contributed by atoms with van der Waals surface area (Å²) in [6.45, 7) is 2.00. The molecular formula is C22H26O2Ti. The van der Waals surface area contributed by atoms with Gasteiger partial charge in [-0.25, -0.2) is 0 Å². The maximum Gasteiger partial charge on any atom is -0.0809 e. The van der Waals surface area contributed by atoms with Gasteiger partial charge in [0, 0.05) is 14.2 Å². The van der Waals surface area contributed by atoms with Gasteiger partial charge in [0.1, 0.15) is 0 Å². The third-order valence-corrected chi connectivity index (χ3v) is 3.10. The molecule has 0 amide bonds. The van der Waals surface area contributed by atoms with Crippen molar-refractivity contribution in [1.82, 2.24) is 0 Å². The first-order valence-corrected chi connectivity index (χ1v) is 8.80. The SMILES string of the molecule is CO.CO.C[CH]=[Ti+2].c1ccc2[cH-]ccc2c1.c1ccc2[cH-]ccc2c1. The predicted octanol–water partition coefficient (Wildman–Crippen LogP) is 4.69. The zero-order chi connectivity index (χ0) is 18.9. The van der Waals surface area contributed by atoms with E-state index in [1.165, 1.54) is 21.5 Å². The Labute approximate surface area is 162 Å². The smallest absolute Gasteiger partial charge is 0.0809 e. The summed E-state index contributed by atoms with van der Waals surface area (Å²) in [6.07, 6.45) is 0. The van der Waals surface area contributed by atoms with E-state index in [1.54, 1.807) is 0 Å². The van der Waals surface area contributed by atoms with Crippen LogP contribution in [0.1, 0.15) is 6.92 Å². The second-order valence-corrected chi connectivity index (χ2v) is 5.50. The third kappa shape index (κ3) is 8.71. The molecule has 0 unspecified atom stereocenters. The molecule has 4 aromatic rings. The Kier molecular flexibility index (Phi) is 14.5.